The van der Waals surface area contributed by atoms with Gasteiger partial charge >= 0.3 is 0 Å². The van der Waals surface area contributed by atoms with Crippen molar-refractivity contribution in [3.63, 3.8) is 0 Å². The lowest BCUT2D eigenvalue weighted by atomic mass is 10.1. The highest BCUT2D eigenvalue weighted by atomic mass is 35.5. The van der Waals surface area contributed by atoms with Gasteiger partial charge in [-0.25, -0.2) is 0 Å². The number of primary amides is 1. The monoisotopic (exact) mass is 297 g/mol. The minimum absolute atomic E-state index is 0. The molecule has 1 saturated heterocycles. The molecular weight excluding hydrogens is 278 g/mol. The molecule has 1 unspecified atom stereocenters. The van der Waals surface area contributed by atoms with E-state index in [0.29, 0.717) is 23.7 Å². The maximum absolute atomic E-state index is 11.9. The van der Waals surface area contributed by atoms with Crippen molar-refractivity contribution in [3.05, 3.63) is 29.8 Å². The smallest absolute Gasteiger partial charge is 0.250 e. The van der Waals surface area contributed by atoms with Crippen molar-refractivity contribution < 1.29 is 9.59 Å². The Morgan fingerprint density at radius 1 is 1.35 bits per heavy atom. The van der Waals surface area contributed by atoms with Crippen molar-refractivity contribution in [2.24, 2.45) is 5.73 Å². The largest absolute Gasteiger partial charge is 0.366 e. The molecule has 1 aliphatic heterocycles. The van der Waals surface area contributed by atoms with E-state index in [1.807, 2.05) is 0 Å². The molecule has 1 heterocycles. The number of hydrogen-bond acceptors (Lipinski definition) is 3. The molecule has 0 spiro atoms. The van der Waals surface area contributed by atoms with E-state index < -0.39 is 5.91 Å². The van der Waals surface area contributed by atoms with Gasteiger partial charge in [-0.3, -0.25) is 9.59 Å². The fourth-order valence-corrected chi connectivity index (χ4v) is 2.33. The number of hydrogen-bond donors (Lipinski definition) is 3. The molecule has 5 nitrogen and oxygen atoms in total. The van der Waals surface area contributed by atoms with Crippen LogP contribution in [0.5, 0.6) is 0 Å². The van der Waals surface area contributed by atoms with Gasteiger partial charge in [-0.1, -0.05) is 12.1 Å². The highest BCUT2D eigenvalue weighted by Crippen LogP contribution is 2.16. The summed E-state index contributed by atoms with van der Waals surface area (Å²) in [5.41, 5.74) is 6.09. The summed E-state index contributed by atoms with van der Waals surface area (Å²) >= 11 is 0. The van der Waals surface area contributed by atoms with Gasteiger partial charge < -0.3 is 16.4 Å². The fraction of sp³-hybridized carbons (Fsp3) is 0.429. The van der Waals surface area contributed by atoms with Gasteiger partial charge in [0, 0.05) is 12.5 Å². The Kier molecular flexibility index (Phi) is 6.48. The minimum atomic E-state index is -0.534. The first-order chi connectivity index (χ1) is 9.16. The second-order valence-electron chi connectivity index (χ2n) is 4.79. The lowest BCUT2D eigenvalue weighted by molar-refractivity contribution is -0.116. The lowest BCUT2D eigenvalue weighted by Gasteiger charge is -2.11. The number of carbonyl (C=O) groups excluding carboxylic acids is 2. The van der Waals surface area contributed by atoms with Crippen molar-refractivity contribution >= 4 is 29.9 Å². The predicted molar refractivity (Wildman–Crippen MR) is 81.1 cm³/mol. The topological polar surface area (TPSA) is 84.2 Å². The van der Waals surface area contributed by atoms with Crippen LogP contribution in [0.4, 0.5) is 5.69 Å². The first kappa shape index (κ1) is 16.5. The summed E-state index contributed by atoms with van der Waals surface area (Å²) in [5.74, 6) is -0.615. The molecule has 1 aromatic carbocycles. The molecule has 0 saturated carbocycles. The molecule has 0 aliphatic carbocycles. The van der Waals surface area contributed by atoms with E-state index >= 15 is 0 Å². The van der Waals surface area contributed by atoms with Crippen molar-refractivity contribution in [2.75, 3.05) is 11.9 Å². The number of benzene rings is 1. The minimum Gasteiger partial charge on any atom is -0.366 e. The zero-order valence-electron chi connectivity index (χ0n) is 11.2. The third kappa shape index (κ3) is 4.51. The highest BCUT2D eigenvalue weighted by Gasteiger charge is 2.16. The van der Waals surface area contributed by atoms with Crippen LogP contribution in [0.15, 0.2) is 24.3 Å². The van der Waals surface area contributed by atoms with E-state index in [0.717, 1.165) is 19.4 Å². The van der Waals surface area contributed by atoms with Crippen LogP contribution in [0.3, 0.4) is 0 Å². The van der Waals surface area contributed by atoms with Gasteiger partial charge in [0.05, 0.1) is 11.3 Å². The van der Waals surface area contributed by atoms with Crippen molar-refractivity contribution in [2.45, 2.75) is 31.7 Å². The Balaban J connectivity index is 0.00000200. The molecule has 0 radical (unpaired) electrons. The summed E-state index contributed by atoms with van der Waals surface area (Å²) in [6, 6.07) is 7.22. The van der Waals surface area contributed by atoms with Gasteiger partial charge in [0.1, 0.15) is 0 Å². The summed E-state index contributed by atoms with van der Waals surface area (Å²) in [6.45, 7) is 1.04. The lowest BCUT2D eigenvalue weighted by Crippen LogP contribution is -2.24. The number of nitrogens with two attached hydrogens (primary N) is 1. The molecule has 1 aliphatic rings. The molecule has 110 valence electrons. The molecule has 1 fully saturated rings. The average molecular weight is 298 g/mol. The Morgan fingerprint density at radius 2 is 2.10 bits per heavy atom. The Bertz CT molecular complexity index is 473. The summed E-state index contributed by atoms with van der Waals surface area (Å²) in [7, 11) is 0. The molecule has 6 heteroatoms. The molecule has 0 bridgehead atoms. The Hall–Kier alpha value is -1.59. The van der Waals surface area contributed by atoms with Crippen LogP contribution in [-0.4, -0.2) is 24.4 Å². The van der Waals surface area contributed by atoms with Crippen LogP contribution in [0, 0.1) is 0 Å². The SMILES string of the molecule is Cl.NC(=O)c1ccccc1NC(=O)CCC1CCCN1. The molecule has 0 aromatic heterocycles. The third-order valence-electron chi connectivity index (χ3n) is 3.35. The molecule has 1 atom stereocenters. The van der Waals surface area contributed by atoms with Crippen LogP contribution < -0.4 is 16.4 Å². The van der Waals surface area contributed by atoms with Gasteiger partial charge in [-0.2, -0.15) is 0 Å². The number of rotatable bonds is 5. The third-order valence-corrected chi connectivity index (χ3v) is 3.35. The number of carbonyl (C=O) groups is 2. The normalized spacial score (nSPS) is 17.3. The van der Waals surface area contributed by atoms with Crippen LogP contribution in [-0.2, 0) is 4.79 Å². The van der Waals surface area contributed by atoms with Crippen molar-refractivity contribution in [3.8, 4) is 0 Å². The number of halogens is 1. The first-order valence-electron chi connectivity index (χ1n) is 6.59. The molecule has 2 amide bonds. The van der Waals surface area contributed by atoms with Gasteiger partial charge in [0.2, 0.25) is 5.91 Å². The van der Waals surface area contributed by atoms with Crippen molar-refractivity contribution in [1.82, 2.24) is 5.32 Å². The van der Waals surface area contributed by atoms with E-state index in [1.54, 1.807) is 24.3 Å². The highest BCUT2D eigenvalue weighted by molar-refractivity contribution is 6.02. The summed E-state index contributed by atoms with van der Waals surface area (Å²) < 4.78 is 0. The maximum atomic E-state index is 11.9. The standard InChI is InChI=1S/C14H19N3O2.ClH/c15-14(19)11-5-1-2-6-12(11)17-13(18)8-7-10-4-3-9-16-10;/h1-2,5-6,10,16H,3-4,7-9H2,(H2,15,19)(H,17,18);1H. The van der Waals surface area contributed by atoms with Crippen LogP contribution in [0.1, 0.15) is 36.0 Å². The molecular formula is C14H20ClN3O2. The number of anilines is 1. The van der Waals surface area contributed by atoms with E-state index in [1.165, 1.54) is 6.42 Å². The summed E-state index contributed by atoms with van der Waals surface area (Å²) in [6.07, 6.45) is 3.58. The quantitative estimate of drug-likeness (QED) is 0.773. The van der Waals surface area contributed by atoms with Gasteiger partial charge in [0.15, 0.2) is 0 Å². The van der Waals surface area contributed by atoms with E-state index in [4.69, 9.17) is 5.73 Å². The second kappa shape index (κ2) is 7.87. The van der Waals surface area contributed by atoms with Crippen LogP contribution in [0.2, 0.25) is 0 Å². The van der Waals surface area contributed by atoms with Gasteiger partial charge in [0.25, 0.3) is 5.91 Å². The van der Waals surface area contributed by atoms with Crippen LogP contribution in [0.25, 0.3) is 0 Å². The first-order valence-corrected chi connectivity index (χ1v) is 6.59. The Morgan fingerprint density at radius 3 is 2.75 bits per heavy atom. The van der Waals surface area contributed by atoms with E-state index in [2.05, 4.69) is 10.6 Å². The molecule has 4 N–H and O–H groups in total. The number of amides is 2. The molecule has 1 aromatic rings. The fourth-order valence-electron chi connectivity index (χ4n) is 2.33. The number of para-hydroxylation sites is 1. The maximum Gasteiger partial charge on any atom is 0.250 e. The van der Waals surface area contributed by atoms with Gasteiger partial charge in [-0.05, 0) is 37.9 Å². The second-order valence-corrected chi connectivity index (χ2v) is 4.79. The summed E-state index contributed by atoms with van der Waals surface area (Å²) in [5, 5.41) is 6.10. The zero-order valence-corrected chi connectivity index (χ0v) is 12.0. The van der Waals surface area contributed by atoms with Gasteiger partial charge in [-0.15, -0.1) is 12.4 Å². The van der Waals surface area contributed by atoms with E-state index in [9.17, 15) is 9.59 Å². The molecule has 20 heavy (non-hydrogen) atoms. The van der Waals surface area contributed by atoms with Crippen molar-refractivity contribution in [1.29, 1.82) is 0 Å². The van der Waals surface area contributed by atoms with Crippen LogP contribution >= 0.6 is 12.4 Å². The van der Waals surface area contributed by atoms with E-state index in [-0.39, 0.29) is 18.3 Å². The predicted octanol–water partition coefficient (Wildman–Crippen LogP) is 1.68. The zero-order chi connectivity index (χ0) is 13.7. The number of nitrogens with one attached hydrogen (secondary N) is 2. The average Bonchev–Trinajstić information content (AvgIpc) is 2.90. The Labute approximate surface area is 124 Å². The summed E-state index contributed by atoms with van der Waals surface area (Å²) in [4.78, 5) is 23.1. The molecule has 2 rings (SSSR count).